The first kappa shape index (κ1) is 15.8. The summed E-state index contributed by atoms with van der Waals surface area (Å²) in [6.45, 7) is 5.25. The van der Waals surface area contributed by atoms with E-state index in [0.29, 0.717) is 11.4 Å². The second kappa shape index (κ2) is 6.47. The predicted octanol–water partition coefficient (Wildman–Crippen LogP) is 3.05. The van der Waals surface area contributed by atoms with Crippen molar-refractivity contribution in [1.82, 2.24) is 4.98 Å². The Labute approximate surface area is 129 Å². The molecule has 0 aliphatic heterocycles. The summed E-state index contributed by atoms with van der Waals surface area (Å²) in [6.07, 6.45) is 1.64. The average molecular weight is 301 g/mol. The minimum atomic E-state index is -1.14. The van der Waals surface area contributed by atoms with E-state index in [0.717, 1.165) is 0 Å². The molecule has 2 aromatic rings. The number of carbonyl (C=O) groups excluding carboxylic acids is 2. The first-order valence-corrected chi connectivity index (χ1v) is 7.00. The zero-order valence-corrected chi connectivity index (χ0v) is 12.8. The number of hydrogen-bond donors (Lipinski definition) is 1. The molecule has 0 aliphatic rings. The second-order valence-electron chi connectivity index (χ2n) is 5.83. The molecule has 1 aromatic heterocycles. The molecular weight excluding hydrogens is 282 g/mol. The molecular formula is C17H19NO4. The van der Waals surface area contributed by atoms with E-state index in [1.165, 1.54) is 0 Å². The Balaban J connectivity index is 2.21. The molecule has 1 unspecified atom stereocenters. The topological polar surface area (TPSA) is 68.4 Å². The molecule has 0 radical (unpaired) electrons. The minimum absolute atomic E-state index is 0.382. The number of ether oxygens (including phenoxy) is 2. The van der Waals surface area contributed by atoms with Gasteiger partial charge in [-0.05, 0) is 45.0 Å². The highest BCUT2D eigenvalue weighted by Gasteiger charge is 2.35. The molecule has 0 bridgehead atoms. The lowest BCUT2D eigenvalue weighted by molar-refractivity contribution is -0.161. The van der Waals surface area contributed by atoms with Crippen molar-refractivity contribution < 1.29 is 19.1 Å². The lowest BCUT2D eigenvalue weighted by atomic mass is 10.1. The summed E-state index contributed by atoms with van der Waals surface area (Å²) >= 11 is 0. The first-order chi connectivity index (χ1) is 10.4. The lowest BCUT2D eigenvalue weighted by Gasteiger charge is -2.22. The van der Waals surface area contributed by atoms with Crippen LogP contribution < -0.4 is 4.74 Å². The number of esters is 2. The summed E-state index contributed by atoms with van der Waals surface area (Å²) in [7, 11) is 0. The number of aromatic nitrogens is 1. The van der Waals surface area contributed by atoms with E-state index in [9.17, 15) is 9.59 Å². The maximum atomic E-state index is 12.4. The average Bonchev–Trinajstić information content (AvgIpc) is 2.91. The van der Waals surface area contributed by atoms with Gasteiger partial charge in [-0.25, -0.2) is 0 Å². The fourth-order valence-corrected chi connectivity index (χ4v) is 1.90. The number of carbonyl (C=O) groups is 2. The maximum Gasteiger partial charge on any atom is 0.331 e. The van der Waals surface area contributed by atoms with Gasteiger partial charge in [-0.2, -0.15) is 0 Å². The van der Waals surface area contributed by atoms with Gasteiger partial charge in [-0.15, -0.1) is 0 Å². The molecule has 0 fully saturated rings. The van der Waals surface area contributed by atoms with E-state index in [1.54, 1.807) is 63.4 Å². The lowest BCUT2D eigenvalue weighted by Crippen LogP contribution is -2.33. The van der Waals surface area contributed by atoms with Crippen molar-refractivity contribution in [3.05, 3.63) is 54.4 Å². The van der Waals surface area contributed by atoms with Gasteiger partial charge in [0, 0.05) is 11.9 Å². The summed E-state index contributed by atoms with van der Waals surface area (Å²) in [5, 5.41) is 0. The maximum absolute atomic E-state index is 12.4. The molecule has 0 saturated heterocycles. The van der Waals surface area contributed by atoms with Crippen molar-refractivity contribution in [1.29, 1.82) is 0 Å². The standard InChI is InChI=1S/C17H19NO4/c1-17(2,3)22-16(20)14(13-10-7-11-18-13)15(19)21-12-8-5-4-6-9-12/h4-11,14,18H,1-3H3. The van der Waals surface area contributed by atoms with Crippen molar-refractivity contribution in [2.24, 2.45) is 0 Å². The van der Waals surface area contributed by atoms with E-state index in [-0.39, 0.29) is 0 Å². The third-order valence-corrected chi connectivity index (χ3v) is 2.77. The van der Waals surface area contributed by atoms with Gasteiger partial charge < -0.3 is 14.5 Å². The fourth-order valence-electron chi connectivity index (χ4n) is 1.90. The van der Waals surface area contributed by atoms with Gasteiger partial charge in [0.2, 0.25) is 0 Å². The quantitative estimate of drug-likeness (QED) is 0.535. The molecule has 0 spiro atoms. The van der Waals surface area contributed by atoms with Crippen molar-refractivity contribution in [3.8, 4) is 5.75 Å². The Morgan fingerprint density at radius 3 is 2.23 bits per heavy atom. The van der Waals surface area contributed by atoms with E-state index >= 15 is 0 Å². The highest BCUT2D eigenvalue weighted by Crippen LogP contribution is 2.22. The number of nitrogens with one attached hydrogen (secondary N) is 1. The van der Waals surface area contributed by atoms with Gasteiger partial charge in [-0.3, -0.25) is 9.59 Å². The molecule has 1 heterocycles. The molecule has 5 heteroatoms. The van der Waals surface area contributed by atoms with E-state index < -0.39 is 23.5 Å². The summed E-state index contributed by atoms with van der Waals surface area (Å²) in [5.74, 6) is -2.08. The van der Waals surface area contributed by atoms with Crippen LogP contribution in [0.2, 0.25) is 0 Å². The van der Waals surface area contributed by atoms with Gasteiger partial charge >= 0.3 is 11.9 Å². The molecule has 2 rings (SSSR count). The van der Waals surface area contributed by atoms with Crippen LogP contribution in [0.15, 0.2) is 48.7 Å². The van der Waals surface area contributed by atoms with Crippen LogP contribution in [0, 0.1) is 0 Å². The van der Waals surface area contributed by atoms with Crippen LogP contribution in [-0.2, 0) is 14.3 Å². The summed E-state index contributed by atoms with van der Waals surface area (Å²) in [6, 6.07) is 12.0. The Kier molecular flexibility index (Phi) is 4.65. The van der Waals surface area contributed by atoms with Crippen LogP contribution >= 0.6 is 0 Å². The summed E-state index contributed by atoms with van der Waals surface area (Å²) in [4.78, 5) is 27.6. The number of H-pyrrole nitrogens is 1. The molecule has 116 valence electrons. The smallest absolute Gasteiger partial charge is 0.331 e. The third kappa shape index (κ3) is 4.22. The monoisotopic (exact) mass is 301 g/mol. The molecule has 0 aliphatic carbocycles. The Bertz CT molecular complexity index is 626. The number of para-hydroxylation sites is 1. The van der Waals surface area contributed by atoms with E-state index in [2.05, 4.69) is 4.98 Å². The SMILES string of the molecule is CC(C)(C)OC(=O)C(C(=O)Oc1ccccc1)c1ccc[nH]1. The van der Waals surface area contributed by atoms with Crippen LogP contribution in [-0.4, -0.2) is 22.5 Å². The van der Waals surface area contributed by atoms with Crippen molar-refractivity contribution in [2.45, 2.75) is 32.3 Å². The largest absolute Gasteiger partial charge is 0.459 e. The van der Waals surface area contributed by atoms with Crippen LogP contribution in [0.5, 0.6) is 5.75 Å². The van der Waals surface area contributed by atoms with Crippen molar-refractivity contribution in [2.75, 3.05) is 0 Å². The van der Waals surface area contributed by atoms with Gasteiger partial charge in [0.1, 0.15) is 11.4 Å². The van der Waals surface area contributed by atoms with Crippen LogP contribution in [0.1, 0.15) is 32.4 Å². The van der Waals surface area contributed by atoms with Crippen molar-refractivity contribution >= 4 is 11.9 Å². The number of benzene rings is 1. The predicted molar refractivity (Wildman–Crippen MR) is 81.5 cm³/mol. The Hall–Kier alpha value is -2.56. The molecule has 1 aromatic carbocycles. The third-order valence-electron chi connectivity index (χ3n) is 2.77. The number of hydrogen-bond acceptors (Lipinski definition) is 4. The summed E-state index contributed by atoms with van der Waals surface area (Å²) < 4.78 is 10.6. The molecule has 1 N–H and O–H groups in total. The minimum Gasteiger partial charge on any atom is -0.459 e. The zero-order valence-electron chi connectivity index (χ0n) is 12.8. The van der Waals surface area contributed by atoms with E-state index in [1.807, 2.05) is 6.07 Å². The van der Waals surface area contributed by atoms with Gasteiger partial charge in [0.25, 0.3) is 0 Å². The van der Waals surface area contributed by atoms with Crippen molar-refractivity contribution in [3.63, 3.8) is 0 Å². The van der Waals surface area contributed by atoms with Gasteiger partial charge in [-0.1, -0.05) is 18.2 Å². The zero-order chi connectivity index (χ0) is 16.2. The molecule has 0 saturated carbocycles. The molecule has 0 amide bonds. The van der Waals surface area contributed by atoms with E-state index in [4.69, 9.17) is 9.47 Å². The fraction of sp³-hybridized carbons (Fsp3) is 0.294. The van der Waals surface area contributed by atoms with Gasteiger partial charge in [0.15, 0.2) is 5.92 Å². The normalized spacial score (nSPS) is 12.5. The highest BCUT2D eigenvalue weighted by molar-refractivity contribution is 6.01. The van der Waals surface area contributed by atoms with Crippen LogP contribution in [0.3, 0.4) is 0 Å². The number of aromatic amines is 1. The van der Waals surface area contributed by atoms with Crippen LogP contribution in [0.4, 0.5) is 0 Å². The highest BCUT2D eigenvalue weighted by atomic mass is 16.6. The Morgan fingerprint density at radius 1 is 1.00 bits per heavy atom. The Morgan fingerprint density at radius 2 is 1.68 bits per heavy atom. The first-order valence-electron chi connectivity index (χ1n) is 7.00. The van der Waals surface area contributed by atoms with Gasteiger partial charge in [0.05, 0.1) is 0 Å². The summed E-state index contributed by atoms with van der Waals surface area (Å²) in [5.41, 5.74) is -0.246. The molecule has 22 heavy (non-hydrogen) atoms. The molecule has 5 nitrogen and oxygen atoms in total. The second-order valence-corrected chi connectivity index (χ2v) is 5.83. The molecule has 1 atom stereocenters. The number of rotatable bonds is 4. The van der Waals surface area contributed by atoms with Crippen LogP contribution in [0.25, 0.3) is 0 Å².